The fourth-order valence-electron chi connectivity index (χ4n) is 3.06. The number of imidazole rings is 1. The average Bonchev–Trinajstić information content (AvgIpc) is 3.11. The molecule has 5 heteroatoms. The van der Waals surface area contributed by atoms with Crippen molar-refractivity contribution in [3.8, 4) is 22.8 Å². The van der Waals surface area contributed by atoms with Crippen molar-refractivity contribution in [1.82, 2.24) is 9.38 Å². The topological polar surface area (TPSA) is 63.8 Å². The first-order chi connectivity index (χ1) is 13.7. The number of pyridine rings is 1. The molecule has 4 rings (SSSR count). The number of rotatable bonds is 5. The van der Waals surface area contributed by atoms with Crippen molar-refractivity contribution in [3.63, 3.8) is 0 Å². The summed E-state index contributed by atoms with van der Waals surface area (Å²) in [6.07, 6.45) is 5.20. The zero-order valence-corrected chi connectivity index (χ0v) is 15.2. The summed E-state index contributed by atoms with van der Waals surface area (Å²) in [6, 6.07) is 20.2. The predicted octanol–water partition coefficient (Wildman–Crippen LogP) is 4.61. The largest absolute Gasteiger partial charge is 0.504 e. The molecule has 0 radical (unpaired) electrons. The highest BCUT2D eigenvalue weighted by molar-refractivity contribution is 6.07. The fourth-order valence-corrected chi connectivity index (χ4v) is 3.06. The van der Waals surface area contributed by atoms with E-state index in [1.165, 1.54) is 25.3 Å². The molecule has 4 aromatic rings. The molecule has 0 aliphatic heterocycles. The Morgan fingerprint density at radius 1 is 1.07 bits per heavy atom. The number of nitrogens with zero attached hydrogens (tertiary/aromatic N) is 2. The summed E-state index contributed by atoms with van der Waals surface area (Å²) < 4.78 is 7.03. The highest BCUT2D eigenvalue weighted by atomic mass is 16.5. The number of aromatic nitrogens is 2. The molecule has 0 saturated heterocycles. The van der Waals surface area contributed by atoms with Gasteiger partial charge < -0.3 is 9.84 Å². The van der Waals surface area contributed by atoms with Gasteiger partial charge in [0.1, 0.15) is 5.65 Å². The number of phenolic OH excluding ortho intramolecular Hbond substituents is 1. The first-order valence-corrected chi connectivity index (χ1v) is 8.79. The quantitative estimate of drug-likeness (QED) is 0.412. The van der Waals surface area contributed by atoms with Gasteiger partial charge in [0.25, 0.3) is 0 Å². The summed E-state index contributed by atoms with van der Waals surface area (Å²) in [6.45, 7) is 0. The lowest BCUT2D eigenvalue weighted by Crippen LogP contribution is -1.96. The normalized spacial score (nSPS) is 11.2. The summed E-state index contributed by atoms with van der Waals surface area (Å²) in [4.78, 5) is 17.4. The monoisotopic (exact) mass is 370 g/mol. The van der Waals surface area contributed by atoms with Crippen LogP contribution in [0.15, 0.2) is 79.0 Å². The minimum Gasteiger partial charge on any atom is -0.504 e. The Balaban J connectivity index is 1.76. The molecule has 5 nitrogen and oxygen atoms in total. The van der Waals surface area contributed by atoms with Crippen LogP contribution >= 0.6 is 0 Å². The molecule has 0 fully saturated rings. The molecule has 2 aromatic carbocycles. The van der Waals surface area contributed by atoms with E-state index in [-0.39, 0.29) is 17.3 Å². The van der Waals surface area contributed by atoms with Crippen LogP contribution in [0.4, 0.5) is 0 Å². The number of carbonyl (C=O) groups excluding carboxylic acids is 1. The number of hydrogen-bond acceptors (Lipinski definition) is 4. The van der Waals surface area contributed by atoms with Gasteiger partial charge in [-0.3, -0.25) is 9.20 Å². The lowest BCUT2D eigenvalue weighted by atomic mass is 10.1. The fraction of sp³-hybridized carbons (Fsp3) is 0.0435. The van der Waals surface area contributed by atoms with Crippen LogP contribution in [-0.2, 0) is 0 Å². The third kappa shape index (κ3) is 3.25. The summed E-state index contributed by atoms with van der Waals surface area (Å²) in [5.74, 6) is 0.0680. The van der Waals surface area contributed by atoms with Crippen molar-refractivity contribution in [2.75, 3.05) is 7.11 Å². The van der Waals surface area contributed by atoms with Crippen LogP contribution in [0.1, 0.15) is 16.1 Å². The van der Waals surface area contributed by atoms with Crippen LogP contribution in [0, 0.1) is 0 Å². The van der Waals surface area contributed by atoms with Crippen LogP contribution in [-0.4, -0.2) is 27.4 Å². The van der Waals surface area contributed by atoms with Crippen LogP contribution in [0.3, 0.4) is 0 Å². The first kappa shape index (κ1) is 17.5. The van der Waals surface area contributed by atoms with E-state index in [0.717, 1.165) is 22.6 Å². The molecule has 28 heavy (non-hydrogen) atoms. The van der Waals surface area contributed by atoms with Crippen molar-refractivity contribution >= 4 is 17.5 Å². The Bertz CT molecular complexity index is 1180. The zero-order valence-electron chi connectivity index (χ0n) is 15.2. The number of fused-ring (bicyclic) bond motifs is 1. The molecule has 2 aromatic heterocycles. The third-order valence-corrected chi connectivity index (χ3v) is 4.47. The SMILES string of the molecule is COc1cc(C(=O)/C=C/c2c(-c3ccccc3)nc3ccccn23)ccc1O. The second-order valence-electron chi connectivity index (χ2n) is 6.22. The van der Waals surface area contributed by atoms with Crippen LogP contribution in [0.5, 0.6) is 11.5 Å². The lowest BCUT2D eigenvalue weighted by molar-refractivity contribution is 0.104. The molecule has 0 aliphatic rings. The second-order valence-corrected chi connectivity index (χ2v) is 6.22. The molecule has 0 atom stereocenters. The molecule has 0 amide bonds. The van der Waals surface area contributed by atoms with Gasteiger partial charge in [-0.25, -0.2) is 4.98 Å². The van der Waals surface area contributed by atoms with E-state index in [9.17, 15) is 9.90 Å². The molecule has 0 spiro atoms. The lowest BCUT2D eigenvalue weighted by Gasteiger charge is -2.04. The molecular weight excluding hydrogens is 352 g/mol. The number of methoxy groups -OCH3 is 1. The van der Waals surface area contributed by atoms with E-state index in [2.05, 4.69) is 0 Å². The number of phenols is 1. The van der Waals surface area contributed by atoms with Gasteiger partial charge in [-0.15, -0.1) is 0 Å². The van der Waals surface area contributed by atoms with Crippen LogP contribution in [0.25, 0.3) is 23.0 Å². The summed E-state index contributed by atoms with van der Waals surface area (Å²) in [5, 5.41) is 9.71. The number of ether oxygens (including phenoxy) is 1. The number of carbonyl (C=O) groups is 1. The van der Waals surface area contributed by atoms with E-state index in [0.29, 0.717) is 5.56 Å². The molecule has 2 heterocycles. The van der Waals surface area contributed by atoms with E-state index < -0.39 is 0 Å². The van der Waals surface area contributed by atoms with Gasteiger partial charge in [-0.05, 0) is 42.5 Å². The Hall–Kier alpha value is -3.86. The van der Waals surface area contributed by atoms with Crippen molar-refractivity contribution < 1.29 is 14.6 Å². The summed E-state index contributed by atoms with van der Waals surface area (Å²) in [7, 11) is 1.45. The second kappa shape index (κ2) is 7.40. The first-order valence-electron chi connectivity index (χ1n) is 8.79. The summed E-state index contributed by atoms with van der Waals surface area (Å²) in [5.41, 5.74) is 3.84. The highest BCUT2D eigenvalue weighted by Gasteiger charge is 2.13. The maximum atomic E-state index is 12.6. The highest BCUT2D eigenvalue weighted by Crippen LogP contribution is 2.28. The average molecular weight is 370 g/mol. The van der Waals surface area contributed by atoms with Crippen molar-refractivity contribution in [1.29, 1.82) is 0 Å². The van der Waals surface area contributed by atoms with Gasteiger partial charge in [0, 0.05) is 17.3 Å². The Kier molecular flexibility index (Phi) is 4.64. The Labute approximate surface area is 162 Å². The van der Waals surface area contributed by atoms with E-state index >= 15 is 0 Å². The van der Waals surface area contributed by atoms with Gasteiger partial charge in [0.05, 0.1) is 18.5 Å². The number of aromatic hydroxyl groups is 1. The maximum Gasteiger partial charge on any atom is 0.186 e. The molecule has 0 saturated carbocycles. The maximum absolute atomic E-state index is 12.6. The number of hydrogen-bond donors (Lipinski definition) is 1. The number of ketones is 1. The standard InChI is InChI=1S/C23H18N2O3/c1-28-21-15-17(10-12-20(21)27)19(26)13-11-18-23(16-7-3-2-4-8-16)24-22-9-5-6-14-25(18)22/h2-15,27H,1H3/b13-11+. The minimum atomic E-state index is -0.191. The van der Waals surface area contributed by atoms with Crippen molar-refractivity contribution in [2.24, 2.45) is 0 Å². The van der Waals surface area contributed by atoms with E-state index in [1.54, 1.807) is 12.1 Å². The summed E-state index contributed by atoms with van der Waals surface area (Å²) >= 11 is 0. The third-order valence-electron chi connectivity index (χ3n) is 4.47. The Morgan fingerprint density at radius 2 is 1.86 bits per heavy atom. The molecule has 1 N–H and O–H groups in total. The van der Waals surface area contributed by atoms with Gasteiger partial charge in [0.15, 0.2) is 17.3 Å². The van der Waals surface area contributed by atoms with Crippen LogP contribution < -0.4 is 4.74 Å². The minimum absolute atomic E-state index is 0.00354. The van der Waals surface area contributed by atoms with Gasteiger partial charge in [0.2, 0.25) is 0 Å². The van der Waals surface area contributed by atoms with Crippen LogP contribution in [0.2, 0.25) is 0 Å². The Morgan fingerprint density at radius 3 is 2.64 bits per heavy atom. The van der Waals surface area contributed by atoms with E-state index in [4.69, 9.17) is 9.72 Å². The molecule has 0 aliphatic carbocycles. The number of benzene rings is 2. The molecule has 0 unspecified atom stereocenters. The van der Waals surface area contributed by atoms with E-state index in [1.807, 2.05) is 59.1 Å². The molecule has 0 bridgehead atoms. The van der Waals surface area contributed by atoms with Crippen molar-refractivity contribution in [2.45, 2.75) is 0 Å². The molecule has 138 valence electrons. The smallest absolute Gasteiger partial charge is 0.186 e. The zero-order chi connectivity index (χ0) is 19.5. The number of allylic oxidation sites excluding steroid dienone is 1. The van der Waals surface area contributed by atoms with Gasteiger partial charge in [-0.1, -0.05) is 36.4 Å². The predicted molar refractivity (Wildman–Crippen MR) is 109 cm³/mol. The van der Waals surface area contributed by atoms with Gasteiger partial charge >= 0.3 is 0 Å². The van der Waals surface area contributed by atoms with Crippen molar-refractivity contribution in [3.05, 3.63) is 90.3 Å². The molecular formula is C23H18N2O3. The van der Waals surface area contributed by atoms with Gasteiger partial charge in [-0.2, -0.15) is 0 Å².